The van der Waals surface area contributed by atoms with Gasteiger partial charge >= 0.3 is 0 Å². The van der Waals surface area contributed by atoms with Crippen molar-refractivity contribution in [2.24, 2.45) is 12.8 Å². The van der Waals surface area contributed by atoms with Gasteiger partial charge in [0.1, 0.15) is 5.69 Å². The number of pyridine rings is 1. The molecule has 0 bridgehead atoms. The average Bonchev–Trinajstić information content (AvgIpc) is 3.44. The molecule has 4 aromatic rings. The first-order valence-corrected chi connectivity index (χ1v) is 10.2. The van der Waals surface area contributed by atoms with E-state index < -0.39 is 11.8 Å². The van der Waals surface area contributed by atoms with Crippen LogP contribution >= 0.6 is 0 Å². The van der Waals surface area contributed by atoms with Gasteiger partial charge in [-0.25, -0.2) is 4.98 Å². The van der Waals surface area contributed by atoms with E-state index in [1.165, 1.54) is 0 Å². The predicted octanol–water partition coefficient (Wildman–Crippen LogP) is 1.68. The van der Waals surface area contributed by atoms with Gasteiger partial charge in [0.2, 0.25) is 5.91 Å². The largest absolute Gasteiger partial charge is 0.463 e. The molecule has 10 heteroatoms. The minimum absolute atomic E-state index is 0.231. The number of carbonyl (C=O) groups is 3. The highest BCUT2D eigenvalue weighted by Gasteiger charge is 2.20. The van der Waals surface area contributed by atoms with E-state index in [9.17, 15) is 14.4 Å². The molecule has 1 aromatic carbocycles. The van der Waals surface area contributed by atoms with E-state index in [0.717, 1.165) is 5.56 Å². The third kappa shape index (κ3) is 4.59. The zero-order valence-corrected chi connectivity index (χ0v) is 18.1. The summed E-state index contributed by atoms with van der Waals surface area (Å²) in [4.78, 5) is 40.5. The molecule has 0 saturated heterocycles. The molecule has 3 heterocycles. The lowest BCUT2D eigenvalue weighted by Gasteiger charge is -2.09. The highest BCUT2D eigenvalue weighted by molar-refractivity contribution is 6.07. The van der Waals surface area contributed by atoms with Gasteiger partial charge in [0.05, 0.1) is 29.5 Å². The van der Waals surface area contributed by atoms with Crippen molar-refractivity contribution in [1.29, 1.82) is 0 Å². The fraction of sp³-hybridized carbons (Fsp3) is 0.174. The second kappa shape index (κ2) is 8.95. The molecule has 0 unspecified atom stereocenters. The second-order valence-electron chi connectivity index (χ2n) is 7.47. The monoisotopic (exact) mass is 446 g/mol. The van der Waals surface area contributed by atoms with Crippen molar-refractivity contribution in [3.8, 4) is 11.5 Å². The molecule has 33 heavy (non-hydrogen) atoms. The number of rotatable bonds is 7. The number of amides is 3. The zero-order chi connectivity index (χ0) is 23.5. The maximum atomic E-state index is 13.1. The maximum absolute atomic E-state index is 13.1. The summed E-state index contributed by atoms with van der Waals surface area (Å²) in [6.45, 7) is 1.85. The first kappa shape index (κ1) is 21.8. The van der Waals surface area contributed by atoms with Gasteiger partial charge in [0.25, 0.3) is 11.8 Å². The van der Waals surface area contributed by atoms with Crippen molar-refractivity contribution >= 4 is 28.8 Å². The molecule has 168 valence electrons. The van der Waals surface area contributed by atoms with Gasteiger partial charge in [-0.05, 0) is 42.8 Å². The molecule has 0 aliphatic carbocycles. The first-order chi connectivity index (χ1) is 15.8. The second-order valence-corrected chi connectivity index (χ2v) is 7.47. The van der Waals surface area contributed by atoms with E-state index >= 15 is 0 Å². The minimum Gasteiger partial charge on any atom is -0.463 e. The number of nitrogens with two attached hydrogens (primary N) is 1. The highest BCUT2D eigenvalue weighted by Crippen LogP contribution is 2.27. The number of nitrogens with one attached hydrogen (secondary N) is 2. The first-order valence-electron chi connectivity index (χ1n) is 10.2. The van der Waals surface area contributed by atoms with Gasteiger partial charge in [-0.15, -0.1) is 0 Å². The van der Waals surface area contributed by atoms with Crippen molar-refractivity contribution < 1.29 is 18.8 Å². The van der Waals surface area contributed by atoms with E-state index in [2.05, 4.69) is 20.7 Å². The third-order valence-corrected chi connectivity index (χ3v) is 5.08. The summed E-state index contributed by atoms with van der Waals surface area (Å²) in [5.41, 5.74) is 8.47. The van der Waals surface area contributed by atoms with Crippen LogP contribution in [0.1, 0.15) is 32.0 Å². The SMILES string of the molecule is Cc1nn(C)c2nc(-c3ccco3)cc(C(=O)NCc3ccc(C(=O)NCC(N)=O)cc3)c12. The van der Waals surface area contributed by atoms with Crippen LogP contribution in [0.4, 0.5) is 0 Å². The Bertz CT molecular complexity index is 1340. The minimum atomic E-state index is -0.619. The van der Waals surface area contributed by atoms with Crippen molar-refractivity contribution in [2.45, 2.75) is 13.5 Å². The van der Waals surface area contributed by atoms with E-state index in [0.29, 0.717) is 39.3 Å². The topological polar surface area (TPSA) is 145 Å². The Balaban J connectivity index is 1.53. The molecule has 0 aliphatic rings. The summed E-state index contributed by atoms with van der Waals surface area (Å²) < 4.78 is 7.09. The molecule has 0 radical (unpaired) electrons. The number of hydrogen-bond donors (Lipinski definition) is 3. The summed E-state index contributed by atoms with van der Waals surface area (Å²) in [7, 11) is 1.77. The highest BCUT2D eigenvalue weighted by atomic mass is 16.3. The van der Waals surface area contributed by atoms with Crippen LogP contribution in [0.3, 0.4) is 0 Å². The molecule has 10 nitrogen and oxygen atoms in total. The number of furan rings is 1. The summed E-state index contributed by atoms with van der Waals surface area (Å²) >= 11 is 0. The number of nitrogens with zero attached hydrogens (tertiary/aromatic N) is 3. The third-order valence-electron chi connectivity index (χ3n) is 5.08. The number of hydrogen-bond acceptors (Lipinski definition) is 6. The van der Waals surface area contributed by atoms with Crippen LogP contribution in [0.5, 0.6) is 0 Å². The Hall–Kier alpha value is -4.47. The smallest absolute Gasteiger partial charge is 0.252 e. The Morgan fingerprint density at radius 1 is 1.09 bits per heavy atom. The lowest BCUT2D eigenvalue weighted by Crippen LogP contribution is -2.33. The fourth-order valence-electron chi connectivity index (χ4n) is 3.50. The number of primary amides is 1. The summed E-state index contributed by atoms with van der Waals surface area (Å²) in [5, 5.41) is 10.4. The van der Waals surface area contributed by atoms with Crippen LogP contribution in [0.2, 0.25) is 0 Å². The molecule has 3 aromatic heterocycles. The van der Waals surface area contributed by atoms with Crippen LogP contribution < -0.4 is 16.4 Å². The maximum Gasteiger partial charge on any atom is 0.252 e. The molecule has 3 amide bonds. The van der Waals surface area contributed by atoms with E-state index in [-0.39, 0.29) is 19.0 Å². The van der Waals surface area contributed by atoms with Gasteiger partial charge in [0, 0.05) is 19.2 Å². The van der Waals surface area contributed by atoms with Crippen molar-refractivity contribution in [2.75, 3.05) is 6.54 Å². The molecule has 0 spiro atoms. The molecular formula is C23H22N6O4. The summed E-state index contributed by atoms with van der Waals surface area (Å²) in [6.07, 6.45) is 1.55. The van der Waals surface area contributed by atoms with Gasteiger partial charge in [-0.1, -0.05) is 12.1 Å². The lowest BCUT2D eigenvalue weighted by molar-refractivity contribution is -0.117. The van der Waals surface area contributed by atoms with E-state index in [4.69, 9.17) is 10.2 Å². The quantitative estimate of drug-likeness (QED) is 0.394. The number of carbonyl (C=O) groups excluding carboxylic acids is 3. The number of benzene rings is 1. The molecule has 0 atom stereocenters. The Morgan fingerprint density at radius 3 is 2.52 bits per heavy atom. The Labute approximate surface area is 188 Å². The molecule has 4 N–H and O–H groups in total. The molecule has 0 aliphatic heterocycles. The van der Waals surface area contributed by atoms with E-state index in [1.807, 2.05) is 6.92 Å². The van der Waals surface area contributed by atoms with Gasteiger partial charge in [-0.3, -0.25) is 19.1 Å². The molecule has 4 rings (SSSR count). The van der Waals surface area contributed by atoms with Crippen LogP contribution in [-0.2, 0) is 18.4 Å². The van der Waals surface area contributed by atoms with E-state index in [1.54, 1.807) is 60.5 Å². The summed E-state index contributed by atoms with van der Waals surface area (Å²) in [6, 6.07) is 11.9. The zero-order valence-electron chi connectivity index (χ0n) is 18.1. The molecule has 0 saturated carbocycles. The summed E-state index contributed by atoms with van der Waals surface area (Å²) in [5.74, 6) is -0.752. The van der Waals surface area contributed by atoms with Gasteiger partial charge in [-0.2, -0.15) is 5.10 Å². The fourth-order valence-corrected chi connectivity index (χ4v) is 3.50. The van der Waals surface area contributed by atoms with Crippen LogP contribution in [0.25, 0.3) is 22.5 Å². The normalized spacial score (nSPS) is 10.8. The number of aryl methyl sites for hydroxylation is 2. The lowest BCUT2D eigenvalue weighted by atomic mass is 10.1. The Morgan fingerprint density at radius 2 is 1.85 bits per heavy atom. The van der Waals surface area contributed by atoms with Gasteiger partial charge < -0.3 is 20.8 Å². The average molecular weight is 446 g/mol. The van der Waals surface area contributed by atoms with Crippen molar-refractivity contribution in [3.63, 3.8) is 0 Å². The van der Waals surface area contributed by atoms with Crippen LogP contribution in [-0.4, -0.2) is 39.0 Å². The number of aromatic nitrogens is 3. The van der Waals surface area contributed by atoms with Crippen LogP contribution in [0, 0.1) is 6.92 Å². The molecular weight excluding hydrogens is 424 g/mol. The van der Waals surface area contributed by atoms with Gasteiger partial charge in [0.15, 0.2) is 11.4 Å². The predicted molar refractivity (Wildman–Crippen MR) is 120 cm³/mol. The number of fused-ring (bicyclic) bond motifs is 1. The molecule has 0 fully saturated rings. The standard InChI is InChI=1S/C23H22N6O4/c1-13-20-16(10-17(18-4-3-9-33-18)27-21(20)29(2)28-13)23(32)25-11-14-5-7-15(8-6-14)22(31)26-12-19(24)30/h3-10H,11-12H2,1-2H3,(H2,24,30)(H,25,32)(H,26,31). The Kier molecular flexibility index (Phi) is 5.90. The van der Waals surface area contributed by atoms with Crippen LogP contribution in [0.15, 0.2) is 53.1 Å². The van der Waals surface area contributed by atoms with Crippen molar-refractivity contribution in [1.82, 2.24) is 25.4 Å². The van der Waals surface area contributed by atoms with Crippen molar-refractivity contribution in [3.05, 3.63) is 71.1 Å².